The van der Waals surface area contributed by atoms with Gasteiger partial charge in [0, 0.05) is 24.8 Å². The molecule has 20 heavy (non-hydrogen) atoms. The van der Waals surface area contributed by atoms with Crippen LogP contribution in [0, 0.1) is 0 Å². The maximum absolute atomic E-state index is 12.6. The lowest BCUT2D eigenvalue weighted by molar-refractivity contribution is -0.137. The molecule has 2 aliphatic rings. The van der Waals surface area contributed by atoms with E-state index in [2.05, 4.69) is 15.2 Å². The number of halogens is 3. The van der Waals surface area contributed by atoms with Crippen LogP contribution in [-0.2, 0) is 6.18 Å². The molecule has 1 aromatic rings. The van der Waals surface area contributed by atoms with Crippen molar-refractivity contribution < 1.29 is 13.2 Å². The fourth-order valence-corrected chi connectivity index (χ4v) is 2.69. The van der Waals surface area contributed by atoms with Crippen molar-refractivity contribution in [2.45, 2.75) is 43.9 Å². The fraction of sp³-hybridized carbons (Fsp3) is 0.643. The Morgan fingerprint density at radius 1 is 1.25 bits per heavy atom. The molecule has 1 aromatic heterocycles. The van der Waals surface area contributed by atoms with Gasteiger partial charge in [0.15, 0.2) is 0 Å². The summed E-state index contributed by atoms with van der Waals surface area (Å²) in [4.78, 5) is 6.18. The van der Waals surface area contributed by atoms with Crippen molar-refractivity contribution in [2.75, 3.05) is 18.0 Å². The molecular formula is C14H18F3N3. The van der Waals surface area contributed by atoms with Crippen molar-refractivity contribution in [3.05, 3.63) is 23.9 Å². The van der Waals surface area contributed by atoms with Gasteiger partial charge in [0.25, 0.3) is 0 Å². The van der Waals surface area contributed by atoms with E-state index in [9.17, 15) is 13.2 Å². The summed E-state index contributed by atoms with van der Waals surface area (Å²) in [7, 11) is 0. The number of hydrogen-bond acceptors (Lipinski definition) is 3. The van der Waals surface area contributed by atoms with E-state index in [-0.39, 0.29) is 0 Å². The minimum absolute atomic E-state index is 0.430. The zero-order valence-electron chi connectivity index (χ0n) is 11.2. The number of nitrogens with zero attached hydrogens (tertiary/aromatic N) is 2. The number of pyridine rings is 1. The first kappa shape index (κ1) is 13.7. The molecule has 1 saturated heterocycles. The van der Waals surface area contributed by atoms with E-state index in [1.807, 2.05) is 0 Å². The highest BCUT2D eigenvalue weighted by Gasteiger charge is 2.34. The largest absolute Gasteiger partial charge is 0.417 e. The zero-order valence-corrected chi connectivity index (χ0v) is 11.2. The van der Waals surface area contributed by atoms with Crippen LogP contribution in [0.5, 0.6) is 0 Å². The molecule has 0 spiro atoms. The van der Waals surface area contributed by atoms with Gasteiger partial charge in [0.2, 0.25) is 0 Å². The van der Waals surface area contributed by atoms with Crippen LogP contribution in [0.15, 0.2) is 18.3 Å². The molecule has 2 fully saturated rings. The highest BCUT2D eigenvalue weighted by molar-refractivity contribution is 5.43. The molecule has 1 aliphatic heterocycles. The zero-order chi connectivity index (χ0) is 14.2. The molecule has 1 saturated carbocycles. The molecule has 1 atom stereocenters. The lowest BCUT2D eigenvalue weighted by Gasteiger charge is -2.27. The fourth-order valence-electron chi connectivity index (χ4n) is 2.69. The van der Waals surface area contributed by atoms with Crippen molar-refractivity contribution in [3.63, 3.8) is 0 Å². The maximum Gasteiger partial charge on any atom is 0.417 e. The van der Waals surface area contributed by atoms with E-state index in [1.54, 1.807) is 0 Å². The molecular weight excluding hydrogens is 267 g/mol. The Labute approximate surface area is 116 Å². The van der Waals surface area contributed by atoms with Crippen molar-refractivity contribution in [3.8, 4) is 0 Å². The Bertz CT molecular complexity index is 448. The number of alkyl halides is 3. The molecule has 110 valence electrons. The minimum Gasteiger partial charge on any atom is -0.352 e. The van der Waals surface area contributed by atoms with Crippen LogP contribution in [-0.4, -0.2) is 30.2 Å². The first-order valence-corrected chi connectivity index (χ1v) is 7.07. The molecule has 1 N–H and O–H groups in total. The number of hydrogen-bond donors (Lipinski definition) is 1. The average Bonchev–Trinajstić information content (AvgIpc) is 3.12. The van der Waals surface area contributed by atoms with Crippen molar-refractivity contribution in [1.82, 2.24) is 10.3 Å². The monoisotopic (exact) mass is 285 g/mol. The Hall–Kier alpha value is -1.30. The van der Waals surface area contributed by atoms with Crippen molar-refractivity contribution in [2.24, 2.45) is 0 Å². The predicted molar refractivity (Wildman–Crippen MR) is 70.6 cm³/mol. The highest BCUT2D eigenvalue weighted by atomic mass is 19.4. The van der Waals surface area contributed by atoms with E-state index in [4.69, 9.17) is 0 Å². The average molecular weight is 285 g/mol. The molecule has 3 nitrogen and oxygen atoms in total. The molecule has 0 aromatic carbocycles. The summed E-state index contributed by atoms with van der Waals surface area (Å²) in [5.74, 6) is 0.661. The molecule has 0 bridgehead atoms. The SMILES string of the molecule is FC(F)(F)c1ccc(N(CC2CCCN2)C2CC2)nc1. The van der Waals surface area contributed by atoms with Gasteiger partial charge in [-0.25, -0.2) is 4.98 Å². The van der Waals surface area contributed by atoms with Gasteiger partial charge in [-0.2, -0.15) is 13.2 Å². The third-order valence-electron chi connectivity index (χ3n) is 3.94. The number of anilines is 1. The summed E-state index contributed by atoms with van der Waals surface area (Å²) in [5, 5.41) is 3.43. The van der Waals surface area contributed by atoms with Crippen LogP contribution in [0.1, 0.15) is 31.2 Å². The van der Waals surface area contributed by atoms with Crippen LogP contribution < -0.4 is 10.2 Å². The van der Waals surface area contributed by atoms with E-state index >= 15 is 0 Å². The van der Waals surface area contributed by atoms with Crippen LogP contribution in [0.2, 0.25) is 0 Å². The third-order valence-corrected chi connectivity index (χ3v) is 3.94. The molecule has 6 heteroatoms. The van der Waals surface area contributed by atoms with E-state index in [1.165, 1.54) is 12.5 Å². The number of aromatic nitrogens is 1. The van der Waals surface area contributed by atoms with E-state index in [0.717, 1.165) is 44.6 Å². The van der Waals surface area contributed by atoms with Crippen LogP contribution in [0.25, 0.3) is 0 Å². The summed E-state index contributed by atoms with van der Waals surface area (Å²) in [6, 6.07) is 3.50. The first-order chi connectivity index (χ1) is 9.54. The van der Waals surface area contributed by atoms with E-state index in [0.29, 0.717) is 17.9 Å². The quantitative estimate of drug-likeness (QED) is 0.922. The summed E-state index contributed by atoms with van der Waals surface area (Å²) >= 11 is 0. The smallest absolute Gasteiger partial charge is 0.352 e. The van der Waals surface area contributed by atoms with E-state index < -0.39 is 11.7 Å². The second-order valence-corrected chi connectivity index (χ2v) is 5.58. The van der Waals surface area contributed by atoms with Crippen molar-refractivity contribution in [1.29, 1.82) is 0 Å². The van der Waals surface area contributed by atoms with Gasteiger partial charge in [-0.3, -0.25) is 0 Å². The minimum atomic E-state index is -4.32. The molecule has 1 aliphatic carbocycles. The van der Waals surface area contributed by atoms with Gasteiger partial charge in [0.05, 0.1) is 5.56 Å². The lowest BCUT2D eigenvalue weighted by Crippen LogP contribution is -2.39. The second kappa shape index (κ2) is 5.24. The van der Waals surface area contributed by atoms with Gasteiger partial charge < -0.3 is 10.2 Å². The van der Waals surface area contributed by atoms with Crippen LogP contribution >= 0.6 is 0 Å². The lowest BCUT2D eigenvalue weighted by atomic mass is 10.2. The summed E-state index contributed by atoms with van der Waals surface area (Å²) in [6.45, 7) is 1.87. The Morgan fingerprint density at radius 3 is 2.55 bits per heavy atom. The number of rotatable bonds is 4. The van der Waals surface area contributed by atoms with Gasteiger partial charge in [-0.05, 0) is 44.4 Å². The van der Waals surface area contributed by atoms with Gasteiger partial charge in [-0.15, -0.1) is 0 Å². The standard InChI is InChI=1S/C14H18F3N3/c15-14(16,17)10-3-6-13(19-8-10)20(12-4-5-12)9-11-2-1-7-18-11/h3,6,8,11-12,18H,1-2,4-5,7,9H2. The topological polar surface area (TPSA) is 28.2 Å². The first-order valence-electron chi connectivity index (χ1n) is 7.07. The molecule has 1 unspecified atom stereocenters. The van der Waals surface area contributed by atoms with Crippen molar-refractivity contribution >= 4 is 5.82 Å². The van der Waals surface area contributed by atoms with Gasteiger partial charge in [0.1, 0.15) is 5.82 Å². The third kappa shape index (κ3) is 3.06. The highest BCUT2D eigenvalue weighted by Crippen LogP contribution is 2.33. The van der Waals surface area contributed by atoms with Gasteiger partial charge >= 0.3 is 6.18 Å². The summed E-state index contributed by atoms with van der Waals surface area (Å²) < 4.78 is 37.7. The second-order valence-electron chi connectivity index (χ2n) is 5.58. The van der Waals surface area contributed by atoms with Crippen LogP contribution in [0.3, 0.4) is 0 Å². The Balaban J connectivity index is 1.73. The van der Waals surface area contributed by atoms with Crippen LogP contribution in [0.4, 0.5) is 19.0 Å². The Morgan fingerprint density at radius 2 is 2.05 bits per heavy atom. The molecule has 0 radical (unpaired) electrons. The summed E-state index contributed by atoms with van der Waals surface area (Å²) in [6.07, 6.45) is 1.13. The number of nitrogens with one attached hydrogen (secondary N) is 1. The molecule has 0 amide bonds. The molecule has 3 rings (SSSR count). The predicted octanol–water partition coefficient (Wildman–Crippen LogP) is 2.82. The van der Waals surface area contributed by atoms with Gasteiger partial charge in [-0.1, -0.05) is 0 Å². The summed E-state index contributed by atoms with van der Waals surface area (Å²) in [5.41, 5.74) is -0.684. The maximum atomic E-state index is 12.6. The normalized spacial score (nSPS) is 23.1. The molecule has 2 heterocycles. The Kier molecular flexibility index (Phi) is 3.58.